The van der Waals surface area contributed by atoms with Gasteiger partial charge in [-0.1, -0.05) is 30.7 Å². The van der Waals surface area contributed by atoms with E-state index in [1.54, 1.807) is 13.2 Å². The van der Waals surface area contributed by atoms with E-state index in [4.69, 9.17) is 21.7 Å². The first-order valence-corrected chi connectivity index (χ1v) is 7.13. The Morgan fingerprint density at radius 2 is 1.95 bits per heavy atom. The van der Waals surface area contributed by atoms with E-state index in [1.807, 2.05) is 37.3 Å². The SMILES string of the molecule is CCC(=N)c1ccc(Cl)nc1NCc1ccc(OC)cc1. The van der Waals surface area contributed by atoms with E-state index in [0.717, 1.165) is 16.9 Å². The quantitative estimate of drug-likeness (QED) is 0.623. The number of hydrogen-bond donors (Lipinski definition) is 2. The van der Waals surface area contributed by atoms with Gasteiger partial charge in [-0.05, 0) is 36.2 Å². The van der Waals surface area contributed by atoms with Gasteiger partial charge in [0.15, 0.2) is 0 Å². The average molecular weight is 304 g/mol. The molecule has 5 heteroatoms. The summed E-state index contributed by atoms with van der Waals surface area (Å²) >= 11 is 5.95. The molecule has 0 saturated carbocycles. The van der Waals surface area contributed by atoms with Crippen LogP contribution in [-0.4, -0.2) is 17.8 Å². The summed E-state index contributed by atoms with van der Waals surface area (Å²) in [5, 5.41) is 11.6. The normalized spacial score (nSPS) is 10.2. The Morgan fingerprint density at radius 3 is 2.57 bits per heavy atom. The standard InChI is InChI=1S/C16H18ClN3O/c1-3-14(18)13-8-9-15(17)20-16(13)19-10-11-4-6-12(21-2)7-5-11/h4-9,18H,3,10H2,1-2H3,(H,19,20). The summed E-state index contributed by atoms with van der Waals surface area (Å²) in [6.07, 6.45) is 0.653. The van der Waals surface area contributed by atoms with Crippen molar-refractivity contribution in [3.8, 4) is 5.75 Å². The van der Waals surface area contributed by atoms with Crippen molar-refractivity contribution < 1.29 is 4.74 Å². The minimum atomic E-state index is 0.417. The second kappa shape index (κ2) is 7.09. The lowest BCUT2D eigenvalue weighted by Crippen LogP contribution is -2.08. The summed E-state index contributed by atoms with van der Waals surface area (Å²) < 4.78 is 5.13. The summed E-state index contributed by atoms with van der Waals surface area (Å²) in [6.45, 7) is 2.56. The predicted octanol–water partition coefficient (Wildman–Crippen LogP) is 4.13. The van der Waals surface area contributed by atoms with Crippen LogP contribution in [0.5, 0.6) is 5.75 Å². The van der Waals surface area contributed by atoms with Gasteiger partial charge in [-0.15, -0.1) is 0 Å². The minimum absolute atomic E-state index is 0.417. The van der Waals surface area contributed by atoms with Gasteiger partial charge < -0.3 is 15.5 Å². The maximum Gasteiger partial charge on any atom is 0.137 e. The Kier molecular flexibility index (Phi) is 5.17. The lowest BCUT2D eigenvalue weighted by molar-refractivity contribution is 0.414. The van der Waals surface area contributed by atoms with Crippen LogP contribution in [0.25, 0.3) is 0 Å². The molecule has 110 valence electrons. The maximum absolute atomic E-state index is 7.99. The zero-order valence-corrected chi connectivity index (χ0v) is 12.9. The number of nitrogens with zero attached hydrogens (tertiary/aromatic N) is 1. The molecule has 1 heterocycles. The van der Waals surface area contributed by atoms with E-state index in [9.17, 15) is 0 Å². The predicted molar refractivity (Wildman–Crippen MR) is 86.7 cm³/mol. The fourth-order valence-corrected chi connectivity index (χ4v) is 2.08. The van der Waals surface area contributed by atoms with Crippen molar-refractivity contribution in [2.75, 3.05) is 12.4 Å². The number of rotatable bonds is 6. The summed E-state index contributed by atoms with van der Waals surface area (Å²) in [7, 11) is 1.64. The van der Waals surface area contributed by atoms with Crippen molar-refractivity contribution >= 4 is 23.1 Å². The van der Waals surface area contributed by atoms with Crippen molar-refractivity contribution in [2.24, 2.45) is 0 Å². The summed E-state index contributed by atoms with van der Waals surface area (Å²) in [6, 6.07) is 11.3. The Morgan fingerprint density at radius 1 is 1.24 bits per heavy atom. The number of ether oxygens (including phenoxy) is 1. The highest BCUT2D eigenvalue weighted by Crippen LogP contribution is 2.19. The summed E-state index contributed by atoms with van der Waals surface area (Å²) in [5.74, 6) is 1.47. The molecule has 2 aromatic rings. The third-order valence-electron chi connectivity index (χ3n) is 3.16. The van der Waals surface area contributed by atoms with Gasteiger partial charge in [-0.3, -0.25) is 0 Å². The Balaban J connectivity index is 2.14. The highest BCUT2D eigenvalue weighted by Gasteiger charge is 2.09. The van der Waals surface area contributed by atoms with Gasteiger partial charge in [-0.2, -0.15) is 0 Å². The van der Waals surface area contributed by atoms with E-state index in [1.165, 1.54) is 0 Å². The van der Waals surface area contributed by atoms with Gasteiger partial charge in [0.25, 0.3) is 0 Å². The molecule has 0 aliphatic rings. The number of halogens is 1. The molecule has 0 atom stereocenters. The van der Waals surface area contributed by atoms with Crippen LogP contribution < -0.4 is 10.1 Å². The zero-order valence-electron chi connectivity index (χ0n) is 12.1. The van der Waals surface area contributed by atoms with E-state index in [2.05, 4.69) is 10.3 Å². The molecule has 0 radical (unpaired) electrons. The lowest BCUT2D eigenvalue weighted by atomic mass is 10.1. The number of hydrogen-bond acceptors (Lipinski definition) is 4. The Hall–Kier alpha value is -2.07. The molecular formula is C16H18ClN3O. The summed E-state index contributed by atoms with van der Waals surface area (Å²) in [4.78, 5) is 4.28. The van der Waals surface area contributed by atoms with Crippen molar-refractivity contribution in [2.45, 2.75) is 19.9 Å². The number of anilines is 1. The van der Waals surface area contributed by atoms with Crippen molar-refractivity contribution in [1.29, 1.82) is 5.41 Å². The third-order valence-corrected chi connectivity index (χ3v) is 3.37. The van der Waals surface area contributed by atoms with Crippen molar-refractivity contribution in [3.05, 3.63) is 52.7 Å². The van der Waals surface area contributed by atoms with Crippen LogP contribution in [-0.2, 0) is 6.54 Å². The molecule has 0 amide bonds. The second-order valence-corrected chi connectivity index (χ2v) is 4.95. The monoisotopic (exact) mass is 303 g/mol. The van der Waals surface area contributed by atoms with E-state index in [-0.39, 0.29) is 0 Å². The molecular weight excluding hydrogens is 286 g/mol. The summed E-state index contributed by atoms with van der Waals surface area (Å²) in [5.41, 5.74) is 2.43. The van der Waals surface area contributed by atoms with Crippen LogP contribution in [0, 0.1) is 5.41 Å². The smallest absolute Gasteiger partial charge is 0.137 e. The molecule has 0 unspecified atom stereocenters. The number of pyridine rings is 1. The molecule has 1 aromatic heterocycles. The number of benzene rings is 1. The number of nitrogens with one attached hydrogen (secondary N) is 2. The van der Waals surface area contributed by atoms with Crippen LogP contribution in [0.1, 0.15) is 24.5 Å². The zero-order chi connectivity index (χ0) is 15.2. The molecule has 0 aliphatic heterocycles. The van der Waals surface area contributed by atoms with Crippen LogP contribution in [0.4, 0.5) is 5.82 Å². The molecule has 0 bridgehead atoms. The third kappa shape index (κ3) is 3.95. The fraction of sp³-hybridized carbons (Fsp3) is 0.250. The van der Waals surface area contributed by atoms with Gasteiger partial charge in [0.05, 0.1) is 7.11 Å². The lowest BCUT2D eigenvalue weighted by Gasteiger charge is -2.12. The molecule has 0 saturated heterocycles. The topological polar surface area (TPSA) is 58.0 Å². The first-order valence-electron chi connectivity index (χ1n) is 6.75. The largest absolute Gasteiger partial charge is 0.497 e. The Labute approximate surface area is 129 Å². The molecule has 2 N–H and O–H groups in total. The van der Waals surface area contributed by atoms with Crippen LogP contribution in [0.3, 0.4) is 0 Å². The highest BCUT2D eigenvalue weighted by atomic mass is 35.5. The molecule has 0 fully saturated rings. The fourth-order valence-electron chi connectivity index (χ4n) is 1.93. The van der Waals surface area contributed by atoms with Crippen LogP contribution in [0.15, 0.2) is 36.4 Å². The van der Waals surface area contributed by atoms with Gasteiger partial charge in [0.1, 0.15) is 16.7 Å². The number of aromatic nitrogens is 1. The van der Waals surface area contributed by atoms with Crippen LogP contribution >= 0.6 is 11.6 Å². The molecule has 0 aliphatic carbocycles. The molecule has 21 heavy (non-hydrogen) atoms. The van der Waals surface area contributed by atoms with E-state index >= 15 is 0 Å². The average Bonchev–Trinajstić information content (AvgIpc) is 2.52. The highest BCUT2D eigenvalue weighted by molar-refractivity contribution is 6.29. The molecule has 4 nitrogen and oxygen atoms in total. The van der Waals surface area contributed by atoms with Crippen LogP contribution in [0.2, 0.25) is 5.15 Å². The minimum Gasteiger partial charge on any atom is -0.497 e. The van der Waals surface area contributed by atoms with Crippen molar-refractivity contribution in [1.82, 2.24) is 4.98 Å². The van der Waals surface area contributed by atoms with Gasteiger partial charge in [-0.25, -0.2) is 4.98 Å². The molecule has 0 spiro atoms. The molecule has 1 aromatic carbocycles. The maximum atomic E-state index is 7.99. The Bertz CT molecular complexity index is 626. The number of methoxy groups -OCH3 is 1. The van der Waals surface area contributed by atoms with Gasteiger partial charge in [0.2, 0.25) is 0 Å². The van der Waals surface area contributed by atoms with E-state index < -0.39 is 0 Å². The first-order chi connectivity index (χ1) is 10.1. The van der Waals surface area contributed by atoms with E-state index in [0.29, 0.717) is 29.6 Å². The first kappa shape index (κ1) is 15.3. The molecule has 2 rings (SSSR count). The van der Waals surface area contributed by atoms with Crippen molar-refractivity contribution in [3.63, 3.8) is 0 Å². The second-order valence-electron chi connectivity index (χ2n) is 4.56. The van der Waals surface area contributed by atoms with Gasteiger partial charge >= 0.3 is 0 Å². The van der Waals surface area contributed by atoms with Gasteiger partial charge in [0, 0.05) is 17.8 Å².